The third-order valence-electron chi connectivity index (χ3n) is 9.12. The first-order valence-corrected chi connectivity index (χ1v) is 16.6. The van der Waals surface area contributed by atoms with Gasteiger partial charge in [-0.3, -0.25) is 0 Å². The molecular weight excluding hydrogens is 712 g/mol. The van der Waals surface area contributed by atoms with Gasteiger partial charge in [0, 0.05) is 6.08 Å². The first-order valence-electron chi connectivity index (χ1n) is 16.6. The SMILES string of the molecule is C[C@@H]1O[C@@H](O[C@H]2[C@H](OCCc3ccc(O)c(O)c3)O[C@H](CO)[C@@H](OC(=O)/C=C/c3ccc(O)c(O)c3)[C@@H]2O[C@@H]2OC[C@](O)(CO)[C@H]2O)[C@H](O)[C@H](O)[C@H]1O. The van der Waals surface area contributed by atoms with Crippen LogP contribution in [0.25, 0.3) is 6.08 Å². The number of aliphatic hydroxyl groups excluding tert-OH is 6. The fourth-order valence-corrected chi connectivity index (χ4v) is 5.94. The second kappa shape index (κ2) is 17.2. The molecule has 2 aromatic rings. The average Bonchev–Trinajstić information content (AvgIpc) is 3.42. The zero-order valence-corrected chi connectivity index (χ0v) is 28.3. The molecule has 0 aliphatic carbocycles. The monoisotopic (exact) mass is 756 g/mol. The Morgan fingerprint density at radius 3 is 2.15 bits per heavy atom. The number of aliphatic hydroxyl groups is 7. The second-order valence-corrected chi connectivity index (χ2v) is 12.9. The first-order chi connectivity index (χ1) is 25.1. The predicted molar refractivity (Wildman–Crippen MR) is 174 cm³/mol. The maximum absolute atomic E-state index is 13.2. The molecule has 0 saturated carbocycles. The summed E-state index contributed by atoms with van der Waals surface area (Å²) < 4.78 is 40.9. The molecule has 2 aromatic carbocycles. The van der Waals surface area contributed by atoms with Gasteiger partial charge >= 0.3 is 5.97 Å². The van der Waals surface area contributed by atoms with Gasteiger partial charge in [-0.15, -0.1) is 0 Å². The van der Waals surface area contributed by atoms with Gasteiger partial charge in [-0.2, -0.15) is 0 Å². The molecule has 11 N–H and O–H groups in total. The lowest BCUT2D eigenvalue weighted by molar-refractivity contribution is -0.378. The summed E-state index contributed by atoms with van der Waals surface area (Å²) >= 11 is 0. The van der Waals surface area contributed by atoms with Crippen molar-refractivity contribution in [1.29, 1.82) is 0 Å². The molecule has 3 fully saturated rings. The number of hydrogen-bond acceptors (Lipinski definition) is 19. The lowest BCUT2D eigenvalue weighted by atomic mass is 9.96. The van der Waals surface area contributed by atoms with Crippen LogP contribution < -0.4 is 0 Å². The normalized spacial score (nSPS) is 36.2. The lowest BCUT2D eigenvalue weighted by Crippen LogP contribution is -2.66. The van der Waals surface area contributed by atoms with Gasteiger partial charge in [0.25, 0.3) is 0 Å². The van der Waals surface area contributed by atoms with E-state index in [2.05, 4.69) is 0 Å². The van der Waals surface area contributed by atoms with Crippen molar-refractivity contribution in [3.8, 4) is 23.0 Å². The Labute approximate surface area is 302 Å². The molecule has 3 heterocycles. The summed E-state index contributed by atoms with van der Waals surface area (Å²) in [5.74, 6) is -2.64. The molecule has 294 valence electrons. The van der Waals surface area contributed by atoms with Gasteiger partial charge < -0.3 is 89.3 Å². The minimum absolute atomic E-state index is 0.115. The van der Waals surface area contributed by atoms with E-state index in [0.717, 1.165) is 6.08 Å². The van der Waals surface area contributed by atoms with E-state index < -0.39 is 117 Å². The molecule has 0 amide bonds. The summed E-state index contributed by atoms with van der Waals surface area (Å²) in [6, 6.07) is 7.81. The first kappa shape index (κ1) is 40.5. The Morgan fingerprint density at radius 2 is 1.51 bits per heavy atom. The maximum Gasteiger partial charge on any atom is 0.331 e. The summed E-state index contributed by atoms with van der Waals surface area (Å²) in [6.45, 7) is -1.13. The third kappa shape index (κ3) is 9.18. The minimum Gasteiger partial charge on any atom is -0.504 e. The topological polar surface area (TPSA) is 304 Å². The molecule has 3 saturated heterocycles. The van der Waals surface area contributed by atoms with E-state index in [4.69, 9.17) is 33.2 Å². The van der Waals surface area contributed by atoms with E-state index >= 15 is 0 Å². The molecule has 5 rings (SSSR count). The minimum atomic E-state index is -2.17. The van der Waals surface area contributed by atoms with Gasteiger partial charge in [0.1, 0.15) is 48.3 Å². The number of hydrogen-bond donors (Lipinski definition) is 11. The molecule has 19 heteroatoms. The van der Waals surface area contributed by atoms with E-state index in [1.807, 2.05) is 0 Å². The standard InChI is InChI=1S/C34H44O19/c1-15-24(42)25(43)26(44)31(49-15)53-29-28(52-33-30(45)34(46,13-36)14-48-33)27(51-23(41)7-4-16-2-5-18(37)20(39)10-16)22(12-35)50-32(29)47-9-8-17-3-6-19(38)21(40)11-17/h2-7,10-11,15,22,24-33,35-40,42-46H,8-9,12-14H2,1H3/b7-4+/t15-,22+,24-,25+,26+,27+,28-,29+,30-,31-,32+,33-,34+/m0/s1. The van der Waals surface area contributed by atoms with Crippen molar-refractivity contribution in [3.63, 3.8) is 0 Å². The summed E-state index contributed by atoms with van der Waals surface area (Å²) in [6.07, 6.45) is -17.2. The fraction of sp³-hybridized carbons (Fsp3) is 0.559. The van der Waals surface area contributed by atoms with Crippen LogP contribution in [0.5, 0.6) is 23.0 Å². The highest BCUT2D eigenvalue weighted by molar-refractivity contribution is 5.87. The van der Waals surface area contributed by atoms with Gasteiger partial charge in [-0.25, -0.2) is 4.79 Å². The highest BCUT2D eigenvalue weighted by atomic mass is 16.8. The van der Waals surface area contributed by atoms with Crippen molar-refractivity contribution in [2.75, 3.05) is 26.4 Å². The van der Waals surface area contributed by atoms with Crippen molar-refractivity contribution in [2.45, 2.75) is 92.8 Å². The van der Waals surface area contributed by atoms with Crippen molar-refractivity contribution < 1.29 is 94.1 Å². The summed E-state index contributed by atoms with van der Waals surface area (Å²) in [4.78, 5) is 13.2. The van der Waals surface area contributed by atoms with Gasteiger partial charge in [0.2, 0.25) is 0 Å². The molecule has 19 nitrogen and oxygen atoms in total. The quantitative estimate of drug-likeness (QED) is 0.0569. The summed E-state index contributed by atoms with van der Waals surface area (Å²) in [7, 11) is 0. The largest absolute Gasteiger partial charge is 0.504 e. The third-order valence-corrected chi connectivity index (χ3v) is 9.12. The molecule has 53 heavy (non-hydrogen) atoms. The number of phenolic OH excluding ortho intramolecular Hbond substituents is 4. The van der Waals surface area contributed by atoms with Crippen molar-refractivity contribution in [1.82, 2.24) is 0 Å². The number of carbonyl (C=O) groups excluding carboxylic acids is 1. The van der Waals surface area contributed by atoms with Gasteiger partial charge in [0.05, 0.1) is 32.5 Å². The van der Waals surface area contributed by atoms with E-state index in [0.29, 0.717) is 5.56 Å². The van der Waals surface area contributed by atoms with Crippen LogP contribution in [0.2, 0.25) is 0 Å². The Kier molecular flexibility index (Phi) is 13.2. The number of rotatable bonds is 13. The van der Waals surface area contributed by atoms with E-state index in [-0.39, 0.29) is 30.1 Å². The van der Waals surface area contributed by atoms with Crippen LogP contribution in [0.4, 0.5) is 0 Å². The summed E-state index contributed by atoms with van der Waals surface area (Å²) in [5, 5.41) is 112. The van der Waals surface area contributed by atoms with E-state index in [1.54, 1.807) is 0 Å². The van der Waals surface area contributed by atoms with Crippen molar-refractivity contribution in [3.05, 3.63) is 53.6 Å². The molecular formula is C34H44O19. The second-order valence-electron chi connectivity index (χ2n) is 12.9. The molecule has 0 unspecified atom stereocenters. The fourth-order valence-electron chi connectivity index (χ4n) is 5.94. The Hall–Kier alpha value is -3.67. The predicted octanol–water partition coefficient (Wildman–Crippen LogP) is -2.55. The molecule has 0 aromatic heterocycles. The summed E-state index contributed by atoms with van der Waals surface area (Å²) in [5.41, 5.74) is -1.37. The zero-order valence-electron chi connectivity index (χ0n) is 28.3. The van der Waals surface area contributed by atoms with Crippen LogP contribution in [-0.2, 0) is 44.4 Å². The molecule has 0 radical (unpaired) electrons. The molecule has 0 bridgehead atoms. The van der Waals surface area contributed by atoms with E-state index in [9.17, 15) is 61.0 Å². The lowest BCUT2D eigenvalue weighted by Gasteiger charge is -2.48. The van der Waals surface area contributed by atoms with Crippen LogP contribution in [0, 0.1) is 0 Å². The number of ether oxygens (including phenoxy) is 7. The van der Waals surface area contributed by atoms with Crippen LogP contribution in [0.3, 0.4) is 0 Å². The number of phenols is 4. The van der Waals surface area contributed by atoms with Crippen molar-refractivity contribution in [2.24, 2.45) is 0 Å². The molecule has 0 spiro atoms. The molecule has 3 aliphatic heterocycles. The van der Waals surface area contributed by atoms with E-state index in [1.165, 1.54) is 49.4 Å². The van der Waals surface area contributed by atoms with Crippen molar-refractivity contribution >= 4 is 12.0 Å². The molecule has 13 atom stereocenters. The van der Waals surface area contributed by atoms with Gasteiger partial charge in [0.15, 0.2) is 48.0 Å². The number of aromatic hydroxyl groups is 4. The van der Waals surface area contributed by atoms with Crippen LogP contribution in [0.15, 0.2) is 42.5 Å². The average molecular weight is 757 g/mol. The number of esters is 1. The van der Waals surface area contributed by atoms with Crippen LogP contribution in [0.1, 0.15) is 18.1 Å². The number of benzene rings is 2. The Bertz CT molecular complexity index is 1570. The Morgan fingerprint density at radius 1 is 0.830 bits per heavy atom. The zero-order chi connectivity index (χ0) is 38.6. The number of carbonyl (C=O) groups is 1. The van der Waals surface area contributed by atoms with Gasteiger partial charge in [-0.1, -0.05) is 12.1 Å². The van der Waals surface area contributed by atoms with Crippen LogP contribution >= 0.6 is 0 Å². The maximum atomic E-state index is 13.2. The smallest absolute Gasteiger partial charge is 0.331 e. The molecule has 3 aliphatic rings. The van der Waals surface area contributed by atoms with Crippen LogP contribution in [-0.4, -0.2) is 168 Å². The van der Waals surface area contributed by atoms with Gasteiger partial charge in [-0.05, 0) is 54.8 Å². The highest BCUT2D eigenvalue weighted by Crippen LogP contribution is 2.36. The Balaban J connectivity index is 1.48. The highest BCUT2D eigenvalue weighted by Gasteiger charge is 2.56.